The molecule has 0 saturated heterocycles. The number of halogens is 2. The zero-order valence-electron chi connectivity index (χ0n) is 7.79. The molecule has 78 valence electrons. The van der Waals surface area contributed by atoms with E-state index < -0.39 is 6.61 Å². The molecule has 0 aromatic heterocycles. The molecule has 0 aliphatic carbocycles. The lowest BCUT2D eigenvalue weighted by Crippen LogP contribution is -2.04. The minimum atomic E-state index is -2.88. The van der Waals surface area contributed by atoms with E-state index in [4.69, 9.17) is 9.47 Å². The Morgan fingerprint density at radius 1 is 1.07 bits per heavy atom. The topological polar surface area (TPSA) is 27.7 Å². The molecule has 0 N–H and O–H groups in total. The summed E-state index contributed by atoms with van der Waals surface area (Å²) in [6.07, 6.45) is 0. The van der Waals surface area contributed by atoms with E-state index in [9.17, 15) is 8.78 Å². The highest BCUT2D eigenvalue weighted by Crippen LogP contribution is 2.37. The zero-order chi connectivity index (χ0) is 10.6. The maximum Gasteiger partial charge on any atom is 0.387 e. The molecule has 0 radical (unpaired) electrons. The normalized spacial score (nSPS) is 10.1. The summed E-state index contributed by atoms with van der Waals surface area (Å²) >= 11 is 0. The van der Waals surface area contributed by atoms with Crippen LogP contribution >= 0.6 is 0 Å². The first-order chi connectivity index (χ1) is 6.69. The summed E-state index contributed by atoms with van der Waals surface area (Å²) in [5, 5.41) is 0. The van der Waals surface area contributed by atoms with Crippen LogP contribution in [0.5, 0.6) is 17.2 Å². The van der Waals surface area contributed by atoms with Gasteiger partial charge < -0.3 is 14.2 Å². The van der Waals surface area contributed by atoms with Gasteiger partial charge in [-0.1, -0.05) is 6.07 Å². The first-order valence-electron chi connectivity index (χ1n) is 3.85. The standard InChI is InChI=1S/C9H10F2O3/c1-12-6-4-3-5-7(8(6)13-2)14-9(10)11/h3-5,9H,1-2H3. The number of methoxy groups -OCH3 is 2. The second-order valence-corrected chi connectivity index (χ2v) is 2.37. The summed E-state index contributed by atoms with van der Waals surface area (Å²) < 4.78 is 37.9. The molecule has 0 heterocycles. The second-order valence-electron chi connectivity index (χ2n) is 2.37. The molecule has 14 heavy (non-hydrogen) atoms. The molecule has 1 aromatic carbocycles. The fourth-order valence-electron chi connectivity index (χ4n) is 1.05. The van der Waals surface area contributed by atoms with E-state index in [2.05, 4.69) is 4.74 Å². The van der Waals surface area contributed by atoms with E-state index in [1.54, 1.807) is 12.1 Å². The molecule has 0 fully saturated rings. The molecule has 0 atom stereocenters. The summed E-state index contributed by atoms with van der Waals surface area (Å²) in [4.78, 5) is 0. The highest BCUT2D eigenvalue weighted by Gasteiger charge is 2.13. The smallest absolute Gasteiger partial charge is 0.387 e. The van der Waals surface area contributed by atoms with Crippen molar-refractivity contribution in [2.24, 2.45) is 0 Å². The third-order valence-corrected chi connectivity index (χ3v) is 1.58. The molecule has 0 spiro atoms. The Morgan fingerprint density at radius 2 is 1.71 bits per heavy atom. The third-order valence-electron chi connectivity index (χ3n) is 1.58. The summed E-state index contributed by atoms with van der Waals surface area (Å²) in [7, 11) is 2.78. The van der Waals surface area contributed by atoms with Gasteiger partial charge in [-0.2, -0.15) is 8.78 Å². The predicted molar refractivity (Wildman–Crippen MR) is 46.2 cm³/mol. The van der Waals surface area contributed by atoms with Crippen molar-refractivity contribution >= 4 is 0 Å². The number of para-hydroxylation sites is 1. The van der Waals surface area contributed by atoms with E-state index in [0.717, 1.165) is 0 Å². The number of alkyl halides is 2. The van der Waals surface area contributed by atoms with Crippen LogP contribution in [0.3, 0.4) is 0 Å². The number of benzene rings is 1. The molecular weight excluding hydrogens is 194 g/mol. The number of hydrogen-bond acceptors (Lipinski definition) is 3. The Kier molecular flexibility index (Phi) is 3.50. The van der Waals surface area contributed by atoms with Crippen LogP contribution in [0, 0.1) is 0 Å². The van der Waals surface area contributed by atoms with Gasteiger partial charge in [-0.05, 0) is 12.1 Å². The summed E-state index contributed by atoms with van der Waals surface area (Å²) in [6, 6.07) is 4.52. The van der Waals surface area contributed by atoms with Crippen molar-refractivity contribution in [3.63, 3.8) is 0 Å². The summed E-state index contributed by atoms with van der Waals surface area (Å²) in [5.41, 5.74) is 0. The summed E-state index contributed by atoms with van der Waals surface area (Å²) in [6.45, 7) is -2.88. The minimum Gasteiger partial charge on any atom is -0.493 e. The Balaban J connectivity index is 3.02. The predicted octanol–water partition coefficient (Wildman–Crippen LogP) is 2.31. The average Bonchev–Trinajstić information content (AvgIpc) is 2.16. The van der Waals surface area contributed by atoms with Crippen LogP contribution in [0.25, 0.3) is 0 Å². The quantitative estimate of drug-likeness (QED) is 0.753. The van der Waals surface area contributed by atoms with Crippen molar-refractivity contribution in [1.29, 1.82) is 0 Å². The van der Waals surface area contributed by atoms with Crippen LogP contribution in [-0.2, 0) is 0 Å². The molecule has 0 aliphatic rings. The molecule has 0 unspecified atom stereocenters. The van der Waals surface area contributed by atoms with Crippen molar-refractivity contribution in [3.05, 3.63) is 18.2 Å². The Morgan fingerprint density at radius 3 is 2.21 bits per heavy atom. The zero-order valence-corrected chi connectivity index (χ0v) is 7.79. The Bertz CT molecular complexity index is 302. The van der Waals surface area contributed by atoms with E-state index in [0.29, 0.717) is 5.75 Å². The average molecular weight is 204 g/mol. The van der Waals surface area contributed by atoms with Gasteiger partial charge in [0.05, 0.1) is 14.2 Å². The van der Waals surface area contributed by atoms with Crippen LogP contribution in [0.2, 0.25) is 0 Å². The lowest BCUT2D eigenvalue weighted by Gasteiger charge is -2.12. The monoisotopic (exact) mass is 204 g/mol. The molecular formula is C9H10F2O3. The van der Waals surface area contributed by atoms with E-state index in [1.807, 2.05) is 0 Å². The summed E-state index contributed by atoms with van der Waals surface area (Å²) in [5.74, 6) is 0.475. The van der Waals surface area contributed by atoms with Gasteiger partial charge in [0.2, 0.25) is 5.75 Å². The van der Waals surface area contributed by atoms with Gasteiger partial charge >= 0.3 is 6.61 Å². The Hall–Kier alpha value is -1.52. The van der Waals surface area contributed by atoms with Crippen molar-refractivity contribution in [2.45, 2.75) is 6.61 Å². The third kappa shape index (κ3) is 2.25. The van der Waals surface area contributed by atoms with Gasteiger partial charge in [-0.15, -0.1) is 0 Å². The van der Waals surface area contributed by atoms with Gasteiger partial charge in [0.1, 0.15) is 0 Å². The molecule has 1 rings (SSSR count). The number of ether oxygens (including phenoxy) is 3. The van der Waals surface area contributed by atoms with Crippen LogP contribution in [0.1, 0.15) is 0 Å². The van der Waals surface area contributed by atoms with Gasteiger partial charge in [0.15, 0.2) is 11.5 Å². The maximum absolute atomic E-state index is 12.0. The van der Waals surface area contributed by atoms with Gasteiger partial charge in [-0.25, -0.2) is 0 Å². The fraction of sp³-hybridized carbons (Fsp3) is 0.333. The highest BCUT2D eigenvalue weighted by molar-refractivity contribution is 5.50. The van der Waals surface area contributed by atoms with Crippen molar-refractivity contribution in [1.82, 2.24) is 0 Å². The van der Waals surface area contributed by atoms with E-state index in [1.165, 1.54) is 20.3 Å². The van der Waals surface area contributed by atoms with E-state index >= 15 is 0 Å². The second kappa shape index (κ2) is 4.64. The minimum absolute atomic E-state index is 0.0400. The molecule has 0 aliphatic heterocycles. The van der Waals surface area contributed by atoms with Gasteiger partial charge in [0.25, 0.3) is 0 Å². The maximum atomic E-state index is 12.0. The molecule has 0 saturated carbocycles. The van der Waals surface area contributed by atoms with Gasteiger partial charge in [-0.3, -0.25) is 0 Å². The first kappa shape index (κ1) is 10.6. The fourth-order valence-corrected chi connectivity index (χ4v) is 1.05. The molecule has 5 heteroatoms. The Labute approximate surface area is 80.2 Å². The van der Waals surface area contributed by atoms with Crippen LogP contribution in [0.4, 0.5) is 8.78 Å². The van der Waals surface area contributed by atoms with Crippen LogP contribution in [-0.4, -0.2) is 20.8 Å². The van der Waals surface area contributed by atoms with Crippen LogP contribution in [0.15, 0.2) is 18.2 Å². The van der Waals surface area contributed by atoms with Crippen molar-refractivity contribution in [2.75, 3.05) is 14.2 Å². The first-order valence-corrected chi connectivity index (χ1v) is 3.85. The van der Waals surface area contributed by atoms with Gasteiger partial charge in [0, 0.05) is 0 Å². The molecule has 1 aromatic rings. The van der Waals surface area contributed by atoms with Crippen LogP contribution < -0.4 is 14.2 Å². The molecule has 0 bridgehead atoms. The van der Waals surface area contributed by atoms with E-state index in [-0.39, 0.29) is 11.5 Å². The molecule has 3 nitrogen and oxygen atoms in total. The molecule has 0 amide bonds. The highest BCUT2D eigenvalue weighted by atomic mass is 19.3. The number of rotatable bonds is 4. The van der Waals surface area contributed by atoms with Crippen molar-refractivity contribution in [3.8, 4) is 17.2 Å². The lowest BCUT2D eigenvalue weighted by atomic mass is 10.3. The number of hydrogen-bond donors (Lipinski definition) is 0. The lowest BCUT2D eigenvalue weighted by molar-refractivity contribution is -0.0513. The van der Waals surface area contributed by atoms with Crippen molar-refractivity contribution < 1.29 is 23.0 Å². The SMILES string of the molecule is COc1cccc(OC(F)F)c1OC. The largest absolute Gasteiger partial charge is 0.493 e.